The van der Waals surface area contributed by atoms with Gasteiger partial charge in [0.1, 0.15) is 5.82 Å². The van der Waals surface area contributed by atoms with Gasteiger partial charge in [0.15, 0.2) is 0 Å². The molecule has 9 heteroatoms. The Morgan fingerprint density at radius 2 is 2.22 bits per heavy atom. The maximum absolute atomic E-state index is 13.6. The number of amides is 1. The summed E-state index contributed by atoms with van der Waals surface area (Å²) in [6.07, 6.45) is 2.34. The number of hydrogen-bond donors (Lipinski definition) is 5. The molecule has 0 radical (unpaired) electrons. The second kappa shape index (κ2) is 9.36. The van der Waals surface area contributed by atoms with Crippen molar-refractivity contribution in [3.05, 3.63) is 35.1 Å². The average molecular weight is 325 g/mol. The van der Waals surface area contributed by atoms with E-state index in [1.54, 1.807) is 0 Å². The van der Waals surface area contributed by atoms with Crippen molar-refractivity contribution >= 4 is 24.3 Å². The van der Waals surface area contributed by atoms with Gasteiger partial charge in [0.25, 0.3) is 5.91 Å². The first-order valence-corrected chi connectivity index (χ1v) is 6.70. The molecule has 0 bridgehead atoms. The SMILES string of the molecule is N=C/C=N\NCC(CCO)NC(=O)c1cccc(F)c1C(=N)F. The Kier molecular flexibility index (Phi) is 7.48. The predicted octanol–water partition coefficient (Wildman–Crippen LogP) is 0.826. The van der Waals surface area contributed by atoms with Crippen molar-refractivity contribution in [3.63, 3.8) is 0 Å². The van der Waals surface area contributed by atoms with Crippen LogP contribution in [0.1, 0.15) is 22.3 Å². The highest BCUT2D eigenvalue weighted by molar-refractivity contribution is 6.14. The molecule has 0 saturated heterocycles. The van der Waals surface area contributed by atoms with Crippen LogP contribution < -0.4 is 10.7 Å². The minimum absolute atomic E-state index is 0.147. The third-order valence-electron chi connectivity index (χ3n) is 2.87. The van der Waals surface area contributed by atoms with Crippen LogP contribution in [0, 0.1) is 16.6 Å². The van der Waals surface area contributed by atoms with E-state index in [0.29, 0.717) is 0 Å². The zero-order chi connectivity index (χ0) is 17.2. The van der Waals surface area contributed by atoms with Crippen LogP contribution in [0.5, 0.6) is 0 Å². The summed E-state index contributed by atoms with van der Waals surface area (Å²) in [5.74, 6) is -3.31. The largest absolute Gasteiger partial charge is 0.396 e. The van der Waals surface area contributed by atoms with Gasteiger partial charge in [-0.05, 0) is 18.6 Å². The first-order valence-electron chi connectivity index (χ1n) is 6.70. The molecule has 1 unspecified atom stereocenters. The standard InChI is InChI=1S/C14H17F2N5O2/c15-11-3-1-2-10(12(11)13(16)18)14(23)21-9(4-7-22)8-20-19-6-5-17/h1-3,5-6,9,17-18,20,22H,4,7-8H2,(H,21,23)/b17-5?,18-13?,19-6-. The molecular formula is C14H17F2N5O2. The Bertz CT molecular complexity index is 607. The van der Waals surface area contributed by atoms with Crippen LogP contribution >= 0.6 is 0 Å². The summed E-state index contributed by atoms with van der Waals surface area (Å²) in [6, 6.07) is 2.85. The third kappa shape index (κ3) is 5.55. The molecule has 0 aliphatic rings. The van der Waals surface area contributed by atoms with Gasteiger partial charge in [0.2, 0.25) is 5.97 Å². The lowest BCUT2D eigenvalue weighted by Crippen LogP contribution is -2.42. The summed E-state index contributed by atoms with van der Waals surface area (Å²) in [5.41, 5.74) is 1.57. The number of carbonyl (C=O) groups excluding carboxylic acids is 1. The Morgan fingerprint density at radius 3 is 2.83 bits per heavy atom. The number of benzene rings is 1. The summed E-state index contributed by atoms with van der Waals surface area (Å²) in [5, 5.41) is 28.9. The monoisotopic (exact) mass is 325 g/mol. The molecule has 23 heavy (non-hydrogen) atoms. The molecule has 0 saturated carbocycles. The van der Waals surface area contributed by atoms with E-state index in [-0.39, 0.29) is 25.1 Å². The lowest BCUT2D eigenvalue weighted by Gasteiger charge is -2.18. The lowest BCUT2D eigenvalue weighted by atomic mass is 10.1. The highest BCUT2D eigenvalue weighted by Crippen LogP contribution is 2.15. The summed E-state index contributed by atoms with van der Waals surface area (Å²) in [6.45, 7) is -0.0653. The molecule has 1 aromatic carbocycles. The second-order valence-electron chi connectivity index (χ2n) is 4.47. The zero-order valence-corrected chi connectivity index (χ0v) is 12.1. The fraction of sp³-hybridized carbons (Fsp3) is 0.286. The average Bonchev–Trinajstić information content (AvgIpc) is 2.51. The fourth-order valence-electron chi connectivity index (χ4n) is 1.83. The molecule has 124 valence electrons. The van der Waals surface area contributed by atoms with Crippen molar-refractivity contribution in [3.8, 4) is 0 Å². The Labute approximate surface area is 131 Å². The number of aliphatic hydroxyl groups excluding tert-OH is 1. The van der Waals surface area contributed by atoms with Gasteiger partial charge in [-0.1, -0.05) is 6.07 Å². The third-order valence-corrected chi connectivity index (χ3v) is 2.87. The fourth-order valence-corrected chi connectivity index (χ4v) is 1.83. The number of halogens is 2. The molecule has 0 fully saturated rings. The van der Waals surface area contributed by atoms with Crippen molar-refractivity contribution in [2.75, 3.05) is 13.2 Å². The van der Waals surface area contributed by atoms with Crippen LogP contribution in [-0.4, -0.2) is 48.6 Å². The second-order valence-corrected chi connectivity index (χ2v) is 4.47. The topological polar surface area (TPSA) is 121 Å². The summed E-state index contributed by atoms with van der Waals surface area (Å²) in [4.78, 5) is 12.2. The number of rotatable bonds is 9. The molecule has 5 N–H and O–H groups in total. The van der Waals surface area contributed by atoms with E-state index in [9.17, 15) is 13.6 Å². The quantitative estimate of drug-likeness (QED) is 0.341. The zero-order valence-electron chi connectivity index (χ0n) is 12.1. The first-order chi connectivity index (χ1) is 11.0. The highest BCUT2D eigenvalue weighted by atomic mass is 19.1. The van der Waals surface area contributed by atoms with E-state index >= 15 is 0 Å². The maximum atomic E-state index is 13.6. The predicted molar refractivity (Wildman–Crippen MR) is 82.6 cm³/mol. The molecule has 0 aromatic heterocycles. The molecule has 0 heterocycles. The van der Waals surface area contributed by atoms with Gasteiger partial charge in [-0.15, -0.1) is 0 Å². The number of hydrogen-bond acceptors (Lipinski definition) is 6. The summed E-state index contributed by atoms with van der Waals surface area (Å²) >= 11 is 0. The normalized spacial score (nSPS) is 12.0. The highest BCUT2D eigenvalue weighted by Gasteiger charge is 2.21. The summed E-state index contributed by atoms with van der Waals surface area (Å²) in [7, 11) is 0. The van der Waals surface area contributed by atoms with Gasteiger partial charge in [-0.25, -0.2) is 4.39 Å². The maximum Gasteiger partial charge on any atom is 0.252 e. The van der Waals surface area contributed by atoms with E-state index in [2.05, 4.69) is 15.8 Å². The van der Waals surface area contributed by atoms with Crippen molar-refractivity contribution in [1.29, 1.82) is 10.8 Å². The molecule has 7 nitrogen and oxygen atoms in total. The van der Waals surface area contributed by atoms with Gasteiger partial charge in [0.05, 0.1) is 29.9 Å². The molecule has 0 aliphatic heterocycles. The minimum atomic E-state index is -1.54. The van der Waals surface area contributed by atoms with Gasteiger partial charge < -0.3 is 21.3 Å². The number of hydrazone groups is 1. The van der Waals surface area contributed by atoms with Crippen LogP contribution in [0.2, 0.25) is 0 Å². The van der Waals surface area contributed by atoms with Gasteiger partial charge >= 0.3 is 0 Å². The number of aliphatic hydroxyl groups is 1. The van der Waals surface area contributed by atoms with E-state index in [0.717, 1.165) is 12.3 Å². The van der Waals surface area contributed by atoms with E-state index in [1.807, 2.05) is 0 Å². The van der Waals surface area contributed by atoms with E-state index in [1.165, 1.54) is 18.3 Å². The van der Waals surface area contributed by atoms with Crippen LogP contribution in [0.3, 0.4) is 0 Å². The first kappa shape index (κ1) is 18.4. The van der Waals surface area contributed by atoms with Crippen molar-refractivity contribution in [2.24, 2.45) is 5.10 Å². The van der Waals surface area contributed by atoms with Crippen molar-refractivity contribution in [2.45, 2.75) is 12.5 Å². The van der Waals surface area contributed by atoms with E-state index in [4.69, 9.17) is 15.9 Å². The Hall–Kier alpha value is -2.68. The Morgan fingerprint density at radius 1 is 1.48 bits per heavy atom. The van der Waals surface area contributed by atoms with Crippen LogP contribution in [0.4, 0.5) is 8.78 Å². The van der Waals surface area contributed by atoms with Crippen molar-refractivity contribution in [1.82, 2.24) is 10.7 Å². The van der Waals surface area contributed by atoms with Gasteiger partial charge in [-0.3, -0.25) is 10.2 Å². The molecular weight excluding hydrogens is 308 g/mol. The lowest BCUT2D eigenvalue weighted by molar-refractivity contribution is 0.0929. The van der Waals surface area contributed by atoms with E-state index < -0.39 is 29.3 Å². The molecule has 1 amide bonds. The van der Waals surface area contributed by atoms with Gasteiger partial charge in [-0.2, -0.15) is 9.49 Å². The molecule has 0 spiro atoms. The van der Waals surface area contributed by atoms with Crippen molar-refractivity contribution < 1.29 is 18.7 Å². The van der Waals surface area contributed by atoms with Crippen LogP contribution in [0.25, 0.3) is 0 Å². The Balaban J connectivity index is 2.86. The summed E-state index contributed by atoms with van der Waals surface area (Å²) < 4.78 is 26.7. The minimum Gasteiger partial charge on any atom is -0.396 e. The molecule has 1 aromatic rings. The number of carbonyl (C=O) groups is 1. The van der Waals surface area contributed by atoms with Gasteiger partial charge in [0, 0.05) is 12.8 Å². The number of nitrogens with one attached hydrogen (secondary N) is 4. The van der Waals surface area contributed by atoms with Crippen LogP contribution in [-0.2, 0) is 0 Å². The number of nitrogens with zero attached hydrogens (tertiary/aromatic N) is 1. The molecule has 0 aliphatic carbocycles. The molecule has 1 atom stereocenters. The molecule has 1 rings (SSSR count). The smallest absolute Gasteiger partial charge is 0.252 e. The van der Waals surface area contributed by atoms with Crippen LogP contribution in [0.15, 0.2) is 23.3 Å².